The first-order valence-corrected chi connectivity index (χ1v) is 9.87. The van der Waals surface area contributed by atoms with Crippen LogP contribution in [0.1, 0.15) is 40.5 Å². The lowest BCUT2D eigenvalue weighted by atomic mass is 9.83. The molecule has 8 heteroatoms. The molecule has 0 N–H and O–H groups in total. The van der Waals surface area contributed by atoms with Crippen molar-refractivity contribution in [2.45, 2.75) is 70.6 Å². The second-order valence-electron chi connectivity index (χ2n) is 8.06. The van der Waals surface area contributed by atoms with Crippen LogP contribution in [0.5, 0.6) is 0 Å². The van der Waals surface area contributed by atoms with Crippen LogP contribution in [0.2, 0.25) is 0 Å². The van der Waals surface area contributed by atoms with Crippen LogP contribution in [0.4, 0.5) is 0 Å². The zero-order valence-corrected chi connectivity index (χ0v) is 17.5. The van der Waals surface area contributed by atoms with Crippen molar-refractivity contribution in [2.75, 3.05) is 0 Å². The molecule has 30 heavy (non-hydrogen) atoms. The van der Waals surface area contributed by atoms with Gasteiger partial charge in [-0.3, -0.25) is 9.59 Å². The second kappa shape index (κ2) is 8.18. The lowest BCUT2D eigenvalue weighted by Gasteiger charge is -2.33. The predicted molar refractivity (Wildman–Crippen MR) is 104 cm³/mol. The SMILES string of the molecule is C=C1C(=O)O[C@@H]2/C=C(/C)CC/C=C(/C=O)[C@H](OC(C)=O)[C@@H](OC(=O)[C@@]3(C)O[C@H]3C)[C@@H]12. The quantitative estimate of drug-likeness (QED) is 0.170. The molecule has 2 aliphatic heterocycles. The highest BCUT2D eigenvalue weighted by molar-refractivity contribution is 5.92. The number of allylic oxidation sites excluding steroid dienone is 2. The Morgan fingerprint density at radius 2 is 2.00 bits per heavy atom. The molecule has 2 fully saturated rings. The minimum Gasteiger partial charge on any atom is -0.455 e. The molecule has 0 aromatic rings. The van der Waals surface area contributed by atoms with E-state index < -0.39 is 47.7 Å². The smallest absolute Gasteiger partial charge is 0.341 e. The summed E-state index contributed by atoms with van der Waals surface area (Å²) >= 11 is 0. The molecule has 6 atom stereocenters. The summed E-state index contributed by atoms with van der Waals surface area (Å²) < 4.78 is 22.0. The fourth-order valence-corrected chi connectivity index (χ4v) is 3.81. The molecule has 0 bridgehead atoms. The van der Waals surface area contributed by atoms with Gasteiger partial charge in [0.15, 0.2) is 17.8 Å². The lowest BCUT2D eigenvalue weighted by molar-refractivity contribution is -0.172. The molecule has 0 aromatic heterocycles. The number of epoxide rings is 1. The molecule has 0 spiro atoms. The Morgan fingerprint density at radius 1 is 1.33 bits per heavy atom. The third-order valence-corrected chi connectivity index (χ3v) is 5.83. The number of rotatable bonds is 4. The average Bonchev–Trinajstić information content (AvgIpc) is 3.20. The third kappa shape index (κ3) is 4.09. The van der Waals surface area contributed by atoms with Gasteiger partial charge < -0.3 is 18.9 Å². The maximum atomic E-state index is 12.9. The standard InChI is InChI=1S/C22H26O8/c1-11-7-6-8-15(10-23)18(27-14(4)24)19(29-21(26)22(5)13(3)30-22)17-12(2)20(25)28-16(17)9-11/h8-10,13,16-19H,2,6-7H2,1,3-5H3/b11-9-,15-8-/t13-,16+,17-,18-,19-,22-/m0/s1. The van der Waals surface area contributed by atoms with E-state index >= 15 is 0 Å². The van der Waals surface area contributed by atoms with Crippen molar-refractivity contribution in [1.82, 2.24) is 0 Å². The number of hydrogen-bond donors (Lipinski definition) is 0. The van der Waals surface area contributed by atoms with E-state index in [1.165, 1.54) is 6.92 Å². The summed E-state index contributed by atoms with van der Waals surface area (Å²) in [5.41, 5.74) is 0.0297. The van der Waals surface area contributed by atoms with Crippen LogP contribution >= 0.6 is 0 Å². The summed E-state index contributed by atoms with van der Waals surface area (Å²) in [6, 6.07) is 0. The number of aldehydes is 1. The van der Waals surface area contributed by atoms with Crippen molar-refractivity contribution < 1.29 is 38.1 Å². The molecule has 0 radical (unpaired) electrons. The van der Waals surface area contributed by atoms with Crippen LogP contribution in [0, 0.1) is 5.92 Å². The van der Waals surface area contributed by atoms with E-state index in [0.717, 1.165) is 5.57 Å². The molecule has 3 aliphatic rings. The van der Waals surface area contributed by atoms with Crippen LogP contribution in [0.3, 0.4) is 0 Å². The van der Waals surface area contributed by atoms with Crippen molar-refractivity contribution in [3.8, 4) is 0 Å². The summed E-state index contributed by atoms with van der Waals surface area (Å²) in [7, 11) is 0. The van der Waals surface area contributed by atoms with Gasteiger partial charge in [-0.15, -0.1) is 0 Å². The van der Waals surface area contributed by atoms with Crippen molar-refractivity contribution >= 4 is 24.2 Å². The fraction of sp³-hybridized carbons (Fsp3) is 0.545. The summed E-state index contributed by atoms with van der Waals surface area (Å²) in [5.74, 6) is -2.80. The Balaban J connectivity index is 2.09. The highest BCUT2D eigenvalue weighted by atomic mass is 16.7. The van der Waals surface area contributed by atoms with Gasteiger partial charge in [-0.1, -0.05) is 18.2 Å². The molecular formula is C22H26O8. The molecule has 0 unspecified atom stereocenters. The van der Waals surface area contributed by atoms with E-state index in [-0.39, 0.29) is 17.3 Å². The Labute approximate surface area is 174 Å². The zero-order valence-electron chi connectivity index (χ0n) is 17.5. The van der Waals surface area contributed by atoms with Crippen LogP contribution in [0.25, 0.3) is 0 Å². The molecule has 8 nitrogen and oxygen atoms in total. The summed E-state index contributed by atoms with van der Waals surface area (Å²) in [4.78, 5) is 48.9. The van der Waals surface area contributed by atoms with Crippen LogP contribution < -0.4 is 0 Å². The maximum absolute atomic E-state index is 12.9. The highest BCUT2D eigenvalue weighted by Gasteiger charge is 2.59. The monoisotopic (exact) mass is 418 g/mol. The number of ether oxygens (including phenoxy) is 4. The lowest BCUT2D eigenvalue weighted by Crippen LogP contribution is -2.47. The van der Waals surface area contributed by atoms with Gasteiger partial charge in [0.1, 0.15) is 12.4 Å². The van der Waals surface area contributed by atoms with E-state index in [1.54, 1.807) is 26.0 Å². The summed E-state index contributed by atoms with van der Waals surface area (Å²) in [6.45, 7) is 10.2. The second-order valence-corrected chi connectivity index (χ2v) is 8.06. The van der Waals surface area contributed by atoms with Gasteiger partial charge in [0.25, 0.3) is 0 Å². The van der Waals surface area contributed by atoms with E-state index in [1.807, 2.05) is 6.92 Å². The average molecular weight is 418 g/mol. The number of carbonyl (C=O) groups is 4. The number of fused-ring (bicyclic) bond motifs is 1. The normalized spacial score (nSPS) is 39.4. The minimum absolute atomic E-state index is 0.0831. The molecule has 3 rings (SSSR count). The number of hydrogen-bond acceptors (Lipinski definition) is 8. The highest BCUT2D eigenvalue weighted by Crippen LogP contribution is 2.41. The summed E-state index contributed by atoms with van der Waals surface area (Å²) in [6.07, 6.45) is 1.59. The molecule has 0 amide bonds. The van der Waals surface area contributed by atoms with Gasteiger partial charge in [0.05, 0.1) is 12.0 Å². The third-order valence-electron chi connectivity index (χ3n) is 5.83. The topological polar surface area (TPSA) is 109 Å². The van der Waals surface area contributed by atoms with Gasteiger partial charge in [-0.25, -0.2) is 9.59 Å². The van der Waals surface area contributed by atoms with Crippen molar-refractivity contribution in [2.24, 2.45) is 5.92 Å². The molecule has 0 aromatic carbocycles. The predicted octanol–water partition coefficient (Wildman–Crippen LogP) is 1.97. The first-order valence-electron chi connectivity index (χ1n) is 9.87. The van der Waals surface area contributed by atoms with Crippen LogP contribution in [-0.4, -0.2) is 54.2 Å². The van der Waals surface area contributed by atoms with E-state index in [2.05, 4.69) is 6.58 Å². The molecule has 162 valence electrons. The van der Waals surface area contributed by atoms with Crippen LogP contribution in [-0.2, 0) is 38.1 Å². The van der Waals surface area contributed by atoms with Gasteiger partial charge in [0.2, 0.25) is 0 Å². The zero-order chi connectivity index (χ0) is 22.2. The Morgan fingerprint density at radius 3 is 2.57 bits per heavy atom. The first kappa shape index (κ1) is 22.0. The molecular weight excluding hydrogens is 392 g/mol. The van der Waals surface area contributed by atoms with E-state index in [4.69, 9.17) is 18.9 Å². The van der Waals surface area contributed by atoms with Crippen LogP contribution in [0.15, 0.2) is 35.5 Å². The Bertz CT molecular complexity index is 853. The van der Waals surface area contributed by atoms with Gasteiger partial charge >= 0.3 is 17.9 Å². The molecule has 2 saturated heterocycles. The number of carbonyl (C=O) groups excluding carboxylic acids is 4. The molecule has 0 saturated carbocycles. The summed E-state index contributed by atoms with van der Waals surface area (Å²) in [5, 5.41) is 0. The molecule has 2 heterocycles. The van der Waals surface area contributed by atoms with Gasteiger partial charge in [-0.05, 0) is 39.7 Å². The van der Waals surface area contributed by atoms with Crippen molar-refractivity contribution in [1.29, 1.82) is 0 Å². The maximum Gasteiger partial charge on any atom is 0.341 e. The van der Waals surface area contributed by atoms with Gasteiger partial charge in [-0.2, -0.15) is 0 Å². The Kier molecular flexibility index (Phi) is 5.99. The largest absolute Gasteiger partial charge is 0.455 e. The minimum atomic E-state index is -1.22. The van der Waals surface area contributed by atoms with Crippen molar-refractivity contribution in [3.63, 3.8) is 0 Å². The fourth-order valence-electron chi connectivity index (χ4n) is 3.81. The first-order chi connectivity index (χ1) is 14.1. The van der Waals surface area contributed by atoms with Crippen molar-refractivity contribution in [3.05, 3.63) is 35.5 Å². The Hall–Kier alpha value is -2.74. The van der Waals surface area contributed by atoms with E-state index in [0.29, 0.717) is 19.1 Å². The van der Waals surface area contributed by atoms with Gasteiger partial charge in [0, 0.05) is 18.1 Å². The van der Waals surface area contributed by atoms with E-state index in [9.17, 15) is 19.2 Å². The molecule has 1 aliphatic carbocycles. The number of esters is 3.